The first kappa shape index (κ1) is 22.0. The lowest BCUT2D eigenvalue weighted by molar-refractivity contribution is -0.119. The molecule has 1 aromatic heterocycles. The van der Waals surface area contributed by atoms with E-state index in [0.717, 1.165) is 11.3 Å². The highest BCUT2D eigenvalue weighted by molar-refractivity contribution is 7.22. The van der Waals surface area contributed by atoms with Crippen molar-refractivity contribution in [1.82, 2.24) is 0 Å². The predicted octanol–water partition coefficient (Wildman–Crippen LogP) is 5.03. The summed E-state index contributed by atoms with van der Waals surface area (Å²) in [5.41, 5.74) is 0.386. The lowest BCUT2D eigenvalue weighted by atomic mass is 10.2. The molecule has 3 rings (SSSR count). The van der Waals surface area contributed by atoms with Gasteiger partial charge in [0.05, 0.1) is 36.7 Å². The van der Waals surface area contributed by atoms with E-state index in [4.69, 9.17) is 42.1 Å². The van der Waals surface area contributed by atoms with Gasteiger partial charge in [-0.1, -0.05) is 23.2 Å². The van der Waals surface area contributed by atoms with Crippen LogP contribution in [-0.2, 0) is 9.53 Å². The summed E-state index contributed by atoms with van der Waals surface area (Å²) in [5, 5.41) is 3.78. The Hall–Kier alpha value is -2.68. The molecule has 30 heavy (non-hydrogen) atoms. The lowest BCUT2D eigenvalue weighted by Gasteiger charge is -2.11. The van der Waals surface area contributed by atoms with Crippen molar-refractivity contribution in [2.24, 2.45) is 0 Å². The van der Waals surface area contributed by atoms with E-state index in [-0.39, 0.29) is 9.90 Å². The number of hydrogen-bond donors (Lipinski definition) is 1. The minimum Gasteiger partial charge on any atom is -0.497 e. The molecule has 0 spiro atoms. The van der Waals surface area contributed by atoms with Gasteiger partial charge < -0.3 is 24.3 Å². The number of amides is 1. The number of fused-ring (bicyclic) bond motifs is 1. The smallest absolute Gasteiger partial charge is 0.350 e. The number of methoxy groups -OCH3 is 3. The highest BCUT2D eigenvalue weighted by Crippen LogP contribution is 2.43. The second-order valence-corrected chi connectivity index (χ2v) is 7.67. The number of hydrogen-bond acceptors (Lipinski definition) is 7. The molecule has 0 radical (unpaired) electrons. The molecule has 0 aliphatic carbocycles. The van der Waals surface area contributed by atoms with Crippen LogP contribution < -0.4 is 19.5 Å². The van der Waals surface area contributed by atoms with Gasteiger partial charge in [0.25, 0.3) is 5.91 Å². The highest BCUT2D eigenvalue weighted by atomic mass is 35.5. The Balaban J connectivity index is 1.72. The highest BCUT2D eigenvalue weighted by Gasteiger charge is 2.22. The number of ether oxygens (including phenoxy) is 4. The van der Waals surface area contributed by atoms with Crippen LogP contribution in [0.25, 0.3) is 10.1 Å². The summed E-state index contributed by atoms with van der Waals surface area (Å²) in [4.78, 5) is 24.9. The topological polar surface area (TPSA) is 83.1 Å². The summed E-state index contributed by atoms with van der Waals surface area (Å²) in [7, 11) is 4.47. The fraction of sp³-hybridized carbons (Fsp3) is 0.200. The van der Waals surface area contributed by atoms with Gasteiger partial charge in [-0.25, -0.2) is 4.79 Å². The maximum Gasteiger partial charge on any atom is 0.350 e. The molecule has 0 bridgehead atoms. The summed E-state index contributed by atoms with van der Waals surface area (Å²) in [5.74, 6) is 0.156. The van der Waals surface area contributed by atoms with E-state index in [1.807, 2.05) is 0 Å². The number of carbonyl (C=O) groups is 2. The third-order valence-corrected chi connectivity index (χ3v) is 6.32. The SMILES string of the molecule is COc1ccc(OC)c(NC(=O)COC(=O)c2sc3c(Cl)c(OC)ccc3c2Cl)c1. The molecule has 2 aromatic carbocycles. The van der Waals surface area contributed by atoms with Crippen molar-refractivity contribution in [2.75, 3.05) is 33.3 Å². The summed E-state index contributed by atoms with van der Waals surface area (Å²) in [6, 6.07) is 8.30. The predicted molar refractivity (Wildman–Crippen MR) is 117 cm³/mol. The van der Waals surface area contributed by atoms with E-state index in [1.54, 1.807) is 30.3 Å². The third kappa shape index (κ3) is 4.40. The largest absolute Gasteiger partial charge is 0.497 e. The molecule has 7 nitrogen and oxygen atoms in total. The number of esters is 1. The monoisotopic (exact) mass is 469 g/mol. The number of anilines is 1. The number of thiophene rings is 1. The summed E-state index contributed by atoms with van der Waals surface area (Å²) in [6.45, 7) is -0.513. The van der Waals surface area contributed by atoms with Crippen molar-refractivity contribution < 1.29 is 28.5 Å². The molecule has 1 N–H and O–H groups in total. The second kappa shape index (κ2) is 9.42. The van der Waals surface area contributed by atoms with Gasteiger partial charge in [0.1, 0.15) is 27.1 Å². The number of halogens is 2. The summed E-state index contributed by atoms with van der Waals surface area (Å²) >= 11 is 13.7. The molecule has 0 saturated heterocycles. The summed E-state index contributed by atoms with van der Waals surface area (Å²) in [6.07, 6.45) is 0. The van der Waals surface area contributed by atoms with E-state index >= 15 is 0 Å². The van der Waals surface area contributed by atoms with Gasteiger partial charge >= 0.3 is 5.97 Å². The minimum atomic E-state index is -0.732. The zero-order valence-electron chi connectivity index (χ0n) is 16.2. The Morgan fingerprint density at radius 1 is 0.967 bits per heavy atom. The minimum absolute atomic E-state index is 0.147. The second-order valence-electron chi connectivity index (χ2n) is 5.89. The van der Waals surface area contributed by atoms with E-state index in [0.29, 0.717) is 38.0 Å². The van der Waals surface area contributed by atoms with Crippen LogP contribution >= 0.6 is 34.5 Å². The van der Waals surface area contributed by atoms with Crippen LogP contribution in [0.2, 0.25) is 10.0 Å². The standard InChI is InChI=1S/C20H17Cl2NO6S/c1-26-10-4-6-13(27-2)12(8-10)23-15(24)9-29-20(25)19-16(21)11-5-7-14(28-3)17(22)18(11)30-19/h4-8H,9H2,1-3H3,(H,23,24). The Bertz CT molecular complexity index is 1110. The molecular weight excluding hydrogens is 453 g/mol. The van der Waals surface area contributed by atoms with Crippen LogP contribution in [0.1, 0.15) is 9.67 Å². The first-order valence-corrected chi connectivity index (χ1v) is 10.1. The van der Waals surface area contributed by atoms with Gasteiger partial charge in [0.15, 0.2) is 6.61 Å². The molecular formula is C20H17Cl2NO6S. The zero-order valence-corrected chi connectivity index (χ0v) is 18.5. The molecule has 0 aliphatic heterocycles. The average Bonchev–Trinajstić information content (AvgIpc) is 3.09. The van der Waals surface area contributed by atoms with Crippen molar-refractivity contribution in [2.45, 2.75) is 0 Å². The third-order valence-electron chi connectivity index (χ3n) is 4.12. The van der Waals surface area contributed by atoms with Gasteiger partial charge in [-0.05, 0) is 24.3 Å². The number of benzene rings is 2. The van der Waals surface area contributed by atoms with Crippen molar-refractivity contribution in [3.05, 3.63) is 45.3 Å². The Labute approximate surface area is 186 Å². The molecule has 3 aromatic rings. The van der Waals surface area contributed by atoms with Crippen molar-refractivity contribution in [1.29, 1.82) is 0 Å². The van der Waals surface area contributed by atoms with Crippen molar-refractivity contribution in [3.8, 4) is 17.2 Å². The molecule has 10 heteroatoms. The quantitative estimate of drug-likeness (QED) is 0.488. The Morgan fingerprint density at radius 3 is 2.33 bits per heavy atom. The maximum atomic E-state index is 12.5. The zero-order chi connectivity index (χ0) is 21.8. The lowest BCUT2D eigenvalue weighted by Crippen LogP contribution is -2.21. The Kier molecular flexibility index (Phi) is 6.91. The normalized spacial score (nSPS) is 10.6. The fourth-order valence-corrected chi connectivity index (χ4v) is 4.44. The molecule has 0 atom stereocenters. The van der Waals surface area contributed by atoms with Crippen LogP contribution in [0, 0.1) is 0 Å². The van der Waals surface area contributed by atoms with Gasteiger partial charge in [-0.3, -0.25) is 4.79 Å². The van der Waals surface area contributed by atoms with Gasteiger partial charge in [-0.2, -0.15) is 0 Å². The first-order valence-electron chi connectivity index (χ1n) is 8.53. The first-order chi connectivity index (χ1) is 14.4. The van der Waals surface area contributed by atoms with E-state index < -0.39 is 18.5 Å². The van der Waals surface area contributed by atoms with Crippen LogP contribution in [0.15, 0.2) is 30.3 Å². The van der Waals surface area contributed by atoms with E-state index in [2.05, 4.69) is 5.32 Å². The maximum absolute atomic E-state index is 12.5. The van der Waals surface area contributed by atoms with Gasteiger partial charge in [0, 0.05) is 11.5 Å². The van der Waals surface area contributed by atoms with Gasteiger partial charge in [-0.15, -0.1) is 11.3 Å². The molecule has 1 heterocycles. The van der Waals surface area contributed by atoms with Crippen LogP contribution in [0.4, 0.5) is 5.69 Å². The van der Waals surface area contributed by atoms with Crippen molar-refractivity contribution in [3.63, 3.8) is 0 Å². The van der Waals surface area contributed by atoms with Crippen molar-refractivity contribution >= 4 is 62.2 Å². The molecule has 1 amide bonds. The van der Waals surface area contributed by atoms with Crippen LogP contribution in [-0.4, -0.2) is 39.8 Å². The average molecular weight is 470 g/mol. The van der Waals surface area contributed by atoms with Gasteiger partial charge in [0.2, 0.25) is 0 Å². The van der Waals surface area contributed by atoms with Crippen LogP contribution in [0.3, 0.4) is 0 Å². The van der Waals surface area contributed by atoms with E-state index in [1.165, 1.54) is 21.3 Å². The molecule has 0 aliphatic rings. The molecule has 158 valence electrons. The van der Waals surface area contributed by atoms with Crippen LogP contribution in [0.5, 0.6) is 17.2 Å². The molecule has 0 saturated carbocycles. The molecule has 0 fully saturated rings. The number of carbonyl (C=O) groups excluding carboxylic acids is 2. The number of rotatable bonds is 7. The number of nitrogens with one attached hydrogen (secondary N) is 1. The summed E-state index contributed by atoms with van der Waals surface area (Å²) < 4.78 is 21.2. The fourth-order valence-electron chi connectivity index (χ4n) is 2.66. The van der Waals surface area contributed by atoms with E-state index in [9.17, 15) is 9.59 Å². The Morgan fingerprint density at radius 2 is 1.67 bits per heavy atom. The molecule has 0 unspecified atom stereocenters.